The predicted octanol–water partition coefficient (Wildman–Crippen LogP) is 0.929. The van der Waals surface area contributed by atoms with Crippen LogP contribution in [0.3, 0.4) is 0 Å². The van der Waals surface area contributed by atoms with Crippen molar-refractivity contribution in [2.45, 2.75) is 6.61 Å². The molecule has 3 nitrogen and oxygen atoms in total. The third-order valence-electron chi connectivity index (χ3n) is 0.686. The highest BCUT2D eigenvalue weighted by Gasteiger charge is 1.95. The SMILES string of the molecule is OCc1coc(Br)n1. The van der Waals surface area contributed by atoms with Crippen LogP contribution >= 0.6 is 15.9 Å². The van der Waals surface area contributed by atoms with Gasteiger partial charge in [0.25, 0.3) is 4.80 Å². The molecule has 0 saturated heterocycles. The number of halogens is 1. The molecule has 0 aliphatic rings. The summed E-state index contributed by atoms with van der Waals surface area (Å²) in [4.78, 5) is 4.13. The van der Waals surface area contributed by atoms with E-state index in [1.807, 2.05) is 0 Å². The molecule has 0 unspecified atom stereocenters. The molecule has 0 aromatic carbocycles. The zero-order chi connectivity index (χ0) is 5.98. The van der Waals surface area contributed by atoms with Gasteiger partial charge in [-0.15, -0.1) is 0 Å². The van der Waals surface area contributed by atoms with Gasteiger partial charge in [-0.3, -0.25) is 0 Å². The van der Waals surface area contributed by atoms with E-state index < -0.39 is 0 Å². The van der Waals surface area contributed by atoms with Crippen molar-refractivity contribution in [1.29, 1.82) is 0 Å². The van der Waals surface area contributed by atoms with E-state index in [1.165, 1.54) is 6.26 Å². The molecule has 0 radical (unpaired) electrons. The Kier molecular flexibility index (Phi) is 1.65. The quantitative estimate of drug-likeness (QED) is 0.695. The second kappa shape index (κ2) is 2.28. The van der Waals surface area contributed by atoms with Crippen LogP contribution in [0, 0.1) is 0 Å². The molecule has 8 heavy (non-hydrogen) atoms. The van der Waals surface area contributed by atoms with Crippen molar-refractivity contribution in [3.8, 4) is 0 Å². The number of aliphatic hydroxyl groups excluding tert-OH is 1. The largest absolute Gasteiger partial charge is 0.439 e. The minimum atomic E-state index is -0.0743. The van der Waals surface area contributed by atoms with Crippen LogP contribution < -0.4 is 0 Å². The second-order valence-corrected chi connectivity index (χ2v) is 1.93. The fourth-order valence-corrected chi connectivity index (χ4v) is 0.676. The van der Waals surface area contributed by atoms with Gasteiger partial charge in [-0.25, -0.2) is 4.98 Å². The number of hydrogen-bond donors (Lipinski definition) is 1. The second-order valence-electron chi connectivity index (χ2n) is 1.25. The average molecular weight is 178 g/mol. The molecule has 0 atom stereocenters. The van der Waals surface area contributed by atoms with Gasteiger partial charge < -0.3 is 9.52 Å². The normalized spacial score (nSPS) is 9.75. The summed E-state index contributed by atoms with van der Waals surface area (Å²) in [7, 11) is 0. The minimum absolute atomic E-state index is 0.0743. The van der Waals surface area contributed by atoms with Crippen molar-refractivity contribution >= 4 is 15.9 Å². The van der Waals surface area contributed by atoms with Gasteiger partial charge in [0.05, 0.1) is 6.61 Å². The monoisotopic (exact) mass is 177 g/mol. The molecule has 1 rings (SSSR count). The molecule has 0 amide bonds. The fraction of sp³-hybridized carbons (Fsp3) is 0.250. The van der Waals surface area contributed by atoms with Crippen molar-refractivity contribution in [2.24, 2.45) is 0 Å². The highest BCUT2D eigenvalue weighted by molar-refractivity contribution is 9.10. The van der Waals surface area contributed by atoms with E-state index in [-0.39, 0.29) is 6.61 Å². The summed E-state index contributed by atoms with van der Waals surface area (Å²) in [5.74, 6) is 0. The third-order valence-corrected chi connectivity index (χ3v) is 1.05. The summed E-state index contributed by atoms with van der Waals surface area (Å²) in [6.45, 7) is -0.0743. The number of aliphatic hydroxyl groups is 1. The lowest BCUT2D eigenvalue weighted by molar-refractivity contribution is 0.276. The van der Waals surface area contributed by atoms with E-state index in [1.54, 1.807) is 0 Å². The van der Waals surface area contributed by atoms with E-state index in [4.69, 9.17) is 9.52 Å². The summed E-state index contributed by atoms with van der Waals surface area (Å²) in [5, 5.41) is 8.41. The smallest absolute Gasteiger partial charge is 0.264 e. The van der Waals surface area contributed by atoms with Gasteiger partial charge in [0, 0.05) is 15.9 Å². The van der Waals surface area contributed by atoms with E-state index >= 15 is 0 Å². The molecule has 1 aromatic heterocycles. The zero-order valence-electron chi connectivity index (χ0n) is 3.97. The molecule has 1 N–H and O–H groups in total. The molecule has 0 saturated carbocycles. The van der Waals surface area contributed by atoms with E-state index in [0.29, 0.717) is 10.5 Å². The molecule has 0 aliphatic carbocycles. The molecule has 4 heteroatoms. The van der Waals surface area contributed by atoms with Crippen molar-refractivity contribution in [1.82, 2.24) is 4.98 Å². The molecule has 0 aliphatic heterocycles. The maximum absolute atomic E-state index is 8.41. The number of hydrogen-bond acceptors (Lipinski definition) is 3. The van der Waals surface area contributed by atoms with Gasteiger partial charge in [0.1, 0.15) is 12.0 Å². The number of oxazole rings is 1. The van der Waals surface area contributed by atoms with Gasteiger partial charge in [0.15, 0.2) is 0 Å². The van der Waals surface area contributed by atoms with Gasteiger partial charge >= 0.3 is 0 Å². The zero-order valence-corrected chi connectivity index (χ0v) is 5.55. The molecular formula is C4H4BrNO2. The van der Waals surface area contributed by atoms with Crippen molar-refractivity contribution in [3.63, 3.8) is 0 Å². The Morgan fingerprint density at radius 1 is 1.88 bits per heavy atom. The number of nitrogens with zero attached hydrogens (tertiary/aromatic N) is 1. The molecule has 44 valence electrons. The van der Waals surface area contributed by atoms with Crippen LogP contribution in [-0.2, 0) is 6.61 Å². The van der Waals surface area contributed by atoms with Crippen molar-refractivity contribution in [3.05, 3.63) is 16.8 Å². The van der Waals surface area contributed by atoms with Crippen LogP contribution in [0.25, 0.3) is 0 Å². The Bertz CT molecular complexity index is 174. The Morgan fingerprint density at radius 2 is 2.62 bits per heavy atom. The topological polar surface area (TPSA) is 46.3 Å². The molecule has 0 bridgehead atoms. The van der Waals surface area contributed by atoms with Gasteiger partial charge in [-0.1, -0.05) is 0 Å². The first kappa shape index (κ1) is 5.78. The number of rotatable bonds is 1. The molecule has 0 fully saturated rings. The van der Waals surface area contributed by atoms with Crippen LogP contribution in [0.5, 0.6) is 0 Å². The highest BCUT2D eigenvalue weighted by Crippen LogP contribution is 2.07. The third kappa shape index (κ3) is 1.08. The first-order valence-corrected chi connectivity index (χ1v) is 2.83. The molecule has 1 aromatic rings. The van der Waals surface area contributed by atoms with E-state index in [0.717, 1.165) is 0 Å². The van der Waals surface area contributed by atoms with Gasteiger partial charge in [0.2, 0.25) is 0 Å². The molecule has 1 heterocycles. The summed E-state index contributed by atoms with van der Waals surface area (Å²) in [6.07, 6.45) is 1.39. The van der Waals surface area contributed by atoms with E-state index in [2.05, 4.69) is 20.9 Å². The lowest BCUT2D eigenvalue weighted by atomic mass is 10.5. The summed E-state index contributed by atoms with van der Waals surface area (Å²) >= 11 is 2.98. The van der Waals surface area contributed by atoms with Gasteiger partial charge in [-0.2, -0.15) is 0 Å². The Balaban J connectivity index is 2.84. The fourth-order valence-electron chi connectivity index (χ4n) is 0.355. The maximum Gasteiger partial charge on any atom is 0.264 e. The first-order chi connectivity index (χ1) is 3.83. The van der Waals surface area contributed by atoms with Crippen molar-refractivity contribution in [2.75, 3.05) is 0 Å². The van der Waals surface area contributed by atoms with Crippen LogP contribution in [0.1, 0.15) is 5.69 Å². The molecular weight excluding hydrogens is 174 g/mol. The lowest BCUT2D eigenvalue weighted by Crippen LogP contribution is -1.78. The summed E-state index contributed by atoms with van der Waals surface area (Å²) in [6, 6.07) is 0. The Labute approximate surface area is 54.5 Å². The maximum atomic E-state index is 8.41. The van der Waals surface area contributed by atoms with Crippen LogP contribution in [0.4, 0.5) is 0 Å². The Morgan fingerprint density at radius 3 is 2.88 bits per heavy atom. The van der Waals surface area contributed by atoms with Crippen molar-refractivity contribution < 1.29 is 9.52 Å². The summed E-state index contributed by atoms with van der Waals surface area (Å²) < 4.78 is 4.70. The van der Waals surface area contributed by atoms with Gasteiger partial charge in [-0.05, 0) is 0 Å². The minimum Gasteiger partial charge on any atom is -0.439 e. The van der Waals surface area contributed by atoms with E-state index in [9.17, 15) is 0 Å². The number of aromatic nitrogens is 1. The standard InChI is InChI=1S/C4H4BrNO2/c5-4-6-3(1-7)2-8-4/h2,7H,1H2. The van der Waals surface area contributed by atoms with Crippen LogP contribution in [0.2, 0.25) is 0 Å². The highest BCUT2D eigenvalue weighted by atomic mass is 79.9. The average Bonchev–Trinajstić information content (AvgIpc) is 2.14. The predicted molar refractivity (Wildman–Crippen MR) is 30.1 cm³/mol. The lowest BCUT2D eigenvalue weighted by Gasteiger charge is -1.76. The van der Waals surface area contributed by atoms with Crippen LogP contribution in [-0.4, -0.2) is 10.1 Å². The Hall–Kier alpha value is -0.350. The van der Waals surface area contributed by atoms with Crippen LogP contribution in [0.15, 0.2) is 15.5 Å². The molecule has 0 spiro atoms. The first-order valence-electron chi connectivity index (χ1n) is 2.03. The summed E-state index contributed by atoms with van der Waals surface area (Å²) in [5.41, 5.74) is 0.539.